The number of nitrogens with one attached hydrogen (secondary N) is 1. The zero-order valence-corrected chi connectivity index (χ0v) is 11.9. The summed E-state index contributed by atoms with van der Waals surface area (Å²) in [5.41, 5.74) is -0.599. The van der Waals surface area contributed by atoms with Crippen LogP contribution in [0.3, 0.4) is 0 Å². The predicted molar refractivity (Wildman–Crippen MR) is 75.1 cm³/mol. The van der Waals surface area contributed by atoms with Crippen molar-refractivity contribution in [1.29, 1.82) is 0 Å². The quantitative estimate of drug-likeness (QED) is 0.856. The van der Waals surface area contributed by atoms with Gasteiger partial charge in [-0.05, 0) is 31.0 Å². The number of alkyl halides is 3. The first-order valence-electron chi connectivity index (χ1n) is 7.09. The summed E-state index contributed by atoms with van der Waals surface area (Å²) in [5.74, 6) is 0. The van der Waals surface area contributed by atoms with Crippen LogP contribution in [0, 0.1) is 0 Å². The van der Waals surface area contributed by atoms with Crippen LogP contribution in [0.5, 0.6) is 0 Å². The lowest BCUT2D eigenvalue weighted by atomic mass is 9.95. The first-order chi connectivity index (χ1) is 9.88. The molecule has 0 radical (unpaired) electrons. The number of benzene rings is 1. The molecule has 1 aliphatic carbocycles. The number of urea groups is 1. The highest BCUT2D eigenvalue weighted by atomic mass is 19.4. The molecular weight excluding hydrogens is 281 g/mol. The second-order valence-electron chi connectivity index (χ2n) is 5.41. The molecule has 0 heterocycles. The van der Waals surface area contributed by atoms with Crippen LogP contribution in [0.25, 0.3) is 0 Å². The largest absolute Gasteiger partial charge is 0.416 e. The molecular formula is C15H19F3N2O. The summed E-state index contributed by atoms with van der Waals surface area (Å²) in [6.07, 6.45) is 0.853. The van der Waals surface area contributed by atoms with Gasteiger partial charge >= 0.3 is 12.2 Å². The van der Waals surface area contributed by atoms with Crippen molar-refractivity contribution in [1.82, 2.24) is 4.90 Å². The fraction of sp³-hybridized carbons (Fsp3) is 0.533. The molecule has 0 atom stereocenters. The van der Waals surface area contributed by atoms with E-state index in [2.05, 4.69) is 5.32 Å². The Kier molecular flexibility index (Phi) is 4.75. The maximum Gasteiger partial charge on any atom is 0.416 e. The minimum Gasteiger partial charge on any atom is -0.325 e. The summed E-state index contributed by atoms with van der Waals surface area (Å²) in [4.78, 5) is 13.7. The minimum absolute atomic E-state index is 0.164. The summed E-state index contributed by atoms with van der Waals surface area (Å²) in [5, 5.41) is 2.54. The molecule has 1 fully saturated rings. The van der Waals surface area contributed by atoms with Crippen LogP contribution >= 0.6 is 0 Å². The summed E-state index contributed by atoms with van der Waals surface area (Å²) >= 11 is 0. The molecule has 1 saturated carbocycles. The Labute approximate surface area is 122 Å². The lowest BCUT2D eigenvalue weighted by Gasteiger charge is -2.31. The van der Waals surface area contributed by atoms with Gasteiger partial charge in [0.15, 0.2) is 0 Å². The van der Waals surface area contributed by atoms with Crippen molar-refractivity contribution in [2.45, 2.75) is 44.3 Å². The van der Waals surface area contributed by atoms with E-state index in [0.717, 1.165) is 37.8 Å². The number of anilines is 1. The molecule has 3 nitrogen and oxygen atoms in total. The third kappa shape index (κ3) is 4.12. The molecule has 1 aromatic rings. The summed E-state index contributed by atoms with van der Waals surface area (Å²) in [6.45, 7) is 0. The first-order valence-corrected chi connectivity index (χ1v) is 7.09. The summed E-state index contributed by atoms with van der Waals surface area (Å²) < 4.78 is 37.9. The van der Waals surface area contributed by atoms with Crippen molar-refractivity contribution in [3.05, 3.63) is 29.8 Å². The molecule has 21 heavy (non-hydrogen) atoms. The number of hydrogen-bond donors (Lipinski definition) is 1. The molecule has 2 amide bonds. The molecule has 1 aromatic carbocycles. The second-order valence-corrected chi connectivity index (χ2v) is 5.41. The zero-order chi connectivity index (χ0) is 15.5. The molecule has 0 bridgehead atoms. The molecule has 1 aliphatic rings. The van der Waals surface area contributed by atoms with Gasteiger partial charge in [-0.1, -0.05) is 25.3 Å². The molecule has 0 unspecified atom stereocenters. The fourth-order valence-corrected chi connectivity index (χ4v) is 2.62. The van der Waals surface area contributed by atoms with Crippen molar-refractivity contribution >= 4 is 11.7 Å². The smallest absolute Gasteiger partial charge is 0.325 e. The molecule has 116 valence electrons. The van der Waals surface area contributed by atoms with Crippen LogP contribution in [0.2, 0.25) is 0 Å². The number of carbonyl (C=O) groups is 1. The SMILES string of the molecule is CN(C(=O)Nc1cccc(C(F)(F)F)c1)C1CCCCC1. The van der Waals surface area contributed by atoms with E-state index in [1.165, 1.54) is 18.6 Å². The number of rotatable bonds is 2. The molecule has 6 heteroatoms. The maximum atomic E-state index is 12.6. The van der Waals surface area contributed by atoms with Gasteiger partial charge in [-0.15, -0.1) is 0 Å². The van der Waals surface area contributed by atoms with Crippen LogP contribution in [-0.2, 0) is 6.18 Å². The van der Waals surface area contributed by atoms with Crippen LogP contribution in [0.15, 0.2) is 24.3 Å². The molecule has 0 spiro atoms. The van der Waals surface area contributed by atoms with Crippen molar-refractivity contribution < 1.29 is 18.0 Å². The van der Waals surface area contributed by atoms with Gasteiger partial charge in [0.1, 0.15) is 0 Å². The Morgan fingerprint density at radius 3 is 2.52 bits per heavy atom. The number of carbonyl (C=O) groups excluding carboxylic acids is 1. The van der Waals surface area contributed by atoms with E-state index in [-0.39, 0.29) is 17.8 Å². The van der Waals surface area contributed by atoms with Crippen molar-refractivity contribution in [3.8, 4) is 0 Å². The third-order valence-electron chi connectivity index (χ3n) is 3.88. The second kappa shape index (κ2) is 6.37. The molecule has 0 aliphatic heterocycles. The number of halogens is 3. The van der Waals surface area contributed by atoms with Crippen LogP contribution < -0.4 is 5.32 Å². The highest BCUT2D eigenvalue weighted by Gasteiger charge is 2.30. The van der Waals surface area contributed by atoms with Crippen LogP contribution in [0.4, 0.5) is 23.7 Å². The maximum absolute atomic E-state index is 12.6. The van der Waals surface area contributed by atoms with Gasteiger partial charge in [-0.3, -0.25) is 0 Å². The van der Waals surface area contributed by atoms with Crippen molar-refractivity contribution in [2.24, 2.45) is 0 Å². The Bertz CT molecular complexity index is 496. The van der Waals surface area contributed by atoms with E-state index in [9.17, 15) is 18.0 Å². The lowest BCUT2D eigenvalue weighted by molar-refractivity contribution is -0.137. The Hall–Kier alpha value is -1.72. The normalized spacial score (nSPS) is 16.6. The monoisotopic (exact) mass is 300 g/mol. The number of amides is 2. The Morgan fingerprint density at radius 2 is 1.90 bits per heavy atom. The van der Waals surface area contributed by atoms with Gasteiger partial charge in [0.05, 0.1) is 5.56 Å². The topological polar surface area (TPSA) is 32.3 Å². The number of nitrogens with zero attached hydrogens (tertiary/aromatic N) is 1. The zero-order valence-electron chi connectivity index (χ0n) is 11.9. The van der Waals surface area contributed by atoms with Gasteiger partial charge in [0, 0.05) is 18.8 Å². The Morgan fingerprint density at radius 1 is 1.24 bits per heavy atom. The van der Waals surface area contributed by atoms with E-state index in [4.69, 9.17) is 0 Å². The lowest BCUT2D eigenvalue weighted by Crippen LogP contribution is -2.40. The third-order valence-corrected chi connectivity index (χ3v) is 3.88. The first kappa shape index (κ1) is 15.7. The standard InChI is InChI=1S/C15H19F3N2O/c1-20(13-8-3-2-4-9-13)14(21)19-12-7-5-6-11(10-12)15(16,17)18/h5-7,10,13H,2-4,8-9H2,1H3,(H,19,21). The van der Waals surface area contributed by atoms with Gasteiger partial charge < -0.3 is 10.2 Å². The average molecular weight is 300 g/mol. The molecule has 0 saturated heterocycles. The van der Waals surface area contributed by atoms with Gasteiger partial charge in [0.25, 0.3) is 0 Å². The Balaban J connectivity index is 2.02. The highest BCUT2D eigenvalue weighted by Crippen LogP contribution is 2.30. The van der Waals surface area contributed by atoms with Crippen LogP contribution in [0.1, 0.15) is 37.7 Å². The summed E-state index contributed by atoms with van der Waals surface area (Å²) in [6, 6.07) is 4.50. The fourth-order valence-electron chi connectivity index (χ4n) is 2.62. The van der Waals surface area contributed by atoms with Gasteiger partial charge in [0.2, 0.25) is 0 Å². The van der Waals surface area contributed by atoms with Crippen LogP contribution in [-0.4, -0.2) is 24.0 Å². The van der Waals surface area contributed by atoms with Crippen molar-refractivity contribution in [2.75, 3.05) is 12.4 Å². The highest BCUT2D eigenvalue weighted by molar-refractivity contribution is 5.89. The van der Waals surface area contributed by atoms with Gasteiger partial charge in [-0.2, -0.15) is 13.2 Å². The van der Waals surface area contributed by atoms with E-state index >= 15 is 0 Å². The van der Waals surface area contributed by atoms with E-state index < -0.39 is 11.7 Å². The molecule has 0 aromatic heterocycles. The van der Waals surface area contributed by atoms with E-state index in [0.29, 0.717) is 0 Å². The van der Waals surface area contributed by atoms with Crippen molar-refractivity contribution in [3.63, 3.8) is 0 Å². The molecule has 2 rings (SSSR count). The average Bonchev–Trinajstić information content (AvgIpc) is 2.47. The number of hydrogen-bond acceptors (Lipinski definition) is 1. The predicted octanol–water partition coefficient (Wildman–Crippen LogP) is 4.50. The van der Waals surface area contributed by atoms with E-state index in [1.807, 2.05) is 0 Å². The van der Waals surface area contributed by atoms with Gasteiger partial charge in [-0.25, -0.2) is 4.79 Å². The minimum atomic E-state index is -4.41. The van der Waals surface area contributed by atoms with E-state index in [1.54, 1.807) is 11.9 Å². The summed E-state index contributed by atoms with van der Waals surface area (Å²) in [7, 11) is 1.69. The molecule has 1 N–H and O–H groups in total.